The lowest BCUT2D eigenvalue weighted by Crippen LogP contribution is -2.27. The summed E-state index contributed by atoms with van der Waals surface area (Å²) in [5.41, 5.74) is 1.56. The molecule has 3 heterocycles. The second-order valence-electron chi connectivity index (χ2n) is 9.33. The van der Waals surface area contributed by atoms with Gasteiger partial charge in [0, 0.05) is 34.0 Å². The Morgan fingerprint density at radius 3 is 2.54 bits per heavy atom. The summed E-state index contributed by atoms with van der Waals surface area (Å²) in [4.78, 5) is 50.7. The number of esters is 1. The van der Waals surface area contributed by atoms with Crippen LogP contribution in [-0.4, -0.2) is 43.0 Å². The minimum absolute atomic E-state index is 0.0158. The quantitative estimate of drug-likeness (QED) is 0.171. The molecule has 0 unspecified atom stereocenters. The number of pyridine rings is 1. The Hall–Kier alpha value is -5.85. The molecule has 0 N–H and O–H groups in total. The van der Waals surface area contributed by atoms with Gasteiger partial charge in [-0.25, -0.2) is 4.68 Å². The largest absolute Gasteiger partial charge is 0.458 e. The van der Waals surface area contributed by atoms with E-state index in [-0.39, 0.29) is 30.6 Å². The van der Waals surface area contributed by atoms with Gasteiger partial charge in [0.2, 0.25) is 6.79 Å². The highest BCUT2D eigenvalue weighted by Crippen LogP contribution is 2.45. The number of carbonyl (C=O) groups excluding carboxylic acids is 2. The van der Waals surface area contributed by atoms with E-state index in [1.807, 2.05) is 0 Å². The molecule has 202 valence electrons. The summed E-state index contributed by atoms with van der Waals surface area (Å²) in [5, 5.41) is 19.8. The summed E-state index contributed by atoms with van der Waals surface area (Å²) < 4.78 is 18.9. The molecular weight excluding hydrogens is 534 g/mol. The lowest BCUT2D eigenvalue weighted by Gasteiger charge is -2.14. The van der Waals surface area contributed by atoms with E-state index in [0.717, 1.165) is 0 Å². The van der Waals surface area contributed by atoms with Gasteiger partial charge in [-0.1, -0.05) is 29.5 Å². The number of aromatic nitrogens is 4. The molecular formula is C28H17N5O8. The molecule has 41 heavy (non-hydrogen) atoms. The molecule has 13 heteroatoms. The zero-order chi connectivity index (χ0) is 28.2. The number of nitrogens with zero attached hydrogens (tertiary/aromatic N) is 5. The average Bonchev–Trinajstić information content (AvgIpc) is 3.71. The maximum atomic E-state index is 13.6. The van der Waals surface area contributed by atoms with E-state index in [9.17, 15) is 24.5 Å². The standard InChI is InChI=1S/C28H17N5O8/c34-24(39-13-15-11-32(30-29-15)16-4-3-5-17(8-16)33(37)38)12-31-26-20-9-22-23(41-14-40-22)10-21(20)27(35)25(26)18-6-1-2-7-19(18)28(31)36/h1-11H,12-14H2. The second kappa shape index (κ2) is 9.12. The van der Waals surface area contributed by atoms with Gasteiger partial charge in [-0.05, 0) is 24.3 Å². The molecule has 5 aromatic rings. The van der Waals surface area contributed by atoms with E-state index < -0.39 is 23.0 Å². The smallest absolute Gasteiger partial charge is 0.326 e. The number of benzene rings is 3. The normalized spacial score (nSPS) is 12.8. The summed E-state index contributed by atoms with van der Waals surface area (Å²) in [7, 11) is 0. The number of ether oxygens (including phenoxy) is 3. The Morgan fingerprint density at radius 1 is 1.00 bits per heavy atom. The SMILES string of the molecule is O=C(Cn1c2c(c3ccccc3c1=O)C(=O)c1cc3c(cc1-2)OCO3)OCc1cn(-c2cccc([N+](=O)[O-])c2)nn1. The number of ketones is 1. The number of rotatable bonds is 6. The molecule has 0 spiro atoms. The van der Waals surface area contributed by atoms with Crippen molar-refractivity contribution in [2.45, 2.75) is 13.2 Å². The van der Waals surface area contributed by atoms with Crippen LogP contribution in [0.3, 0.4) is 0 Å². The summed E-state index contributed by atoms with van der Waals surface area (Å²) in [5.74, 6) is -0.160. The van der Waals surface area contributed by atoms with Crippen molar-refractivity contribution in [2.24, 2.45) is 0 Å². The van der Waals surface area contributed by atoms with Crippen LogP contribution in [0.25, 0.3) is 27.7 Å². The van der Waals surface area contributed by atoms with Crippen molar-refractivity contribution < 1.29 is 28.7 Å². The fourth-order valence-electron chi connectivity index (χ4n) is 5.09. The number of hydrogen-bond acceptors (Lipinski definition) is 10. The van der Waals surface area contributed by atoms with E-state index in [2.05, 4.69) is 10.3 Å². The highest BCUT2D eigenvalue weighted by atomic mass is 16.7. The molecule has 7 rings (SSSR count). The van der Waals surface area contributed by atoms with Crippen molar-refractivity contribution in [3.8, 4) is 28.4 Å². The molecule has 3 aromatic carbocycles. The van der Waals surface area contributed by atoms with Crippen LogP contribution in [0.2, 0.25) is 0 Å². The van der Waals surface area contributed by atoms with Gasteiger partial charge in [0.1, 0.15) is 18.8 Å². The van der Waals surface area contributed by atoms with Crippen LogP contribution >= 0.6 is 0 Å². The van der Waals surface area contributed by atoms with Crippen LogP contribution in [0.1, 0.15) is 21.6 Å². The van der Waals surface area contributed by atoms with Crippen molar-refractivity contribution >= 4 is 28.2 Å². The summed E-state index contributed by atoms with van der Waals surface area (Å²) in [6.07, 6.45) is 1.48. The van der Waals surface area contributed by atoms with Gasteiger partial charge in [0.15, 0.2) is 17.3 Å². The van der Waals surface area contributed by atoms with Gasteiger partial charge in [-0.3, -0.25) is 29.1 Å². The molecule has 0 atom stereocenters. The predicted molar refractivity (Wildman–Crippen MR) is 141 cm³/mol. The van der Waals surface area contributed by atoms with Crippen molar-refractivity contribution in [1.82, 2.24) is 19.6 Å². The van der Waals surface area contributed by atoms with Crippen molar-refractivity contribution in [1.29, 1.82) is 0 Å². The lowest BCUT2D eigenvalue weighted by molar-refractivity contribution is -0.384. The Labute approximate surface area is 229 Å². The van der Waals surface area contributed by atoms with Gasteiger partial charge in [0.25, 0.3) is 11.2 Å². The maximum absolute atomic E-state index is 13.6. The number of nitro groups is 1. The molecule has 0 saturated heterocycles. The highest BCUT2D eigenvalue weighted by molar-refractivity contribution is 6.27. The van der Waals surface area contributed by atoms with Crippen LogP contribution in [0.4, 0.5) is 5.69 Å². The van der Waals surface area contributed by atoms with Crippen LogP contribution in [-0.2, 0) is 22.7 Å². The zero-order valence-electron chi connectivity index (χ0n) is 21.0. The third-order valence-electron chi connectivity index (χ3n) is 6.93. The maximum Gasteiger partial charge on any atom is 0.326 e. The van der Waals surface area contributed by atoms with E-state index in [0.29, 0.717) is 50.3 Å². The van der Waals surface area contributed by atoms with Gasteiger partial charge in [-0.15, -0.1) is 5.10 Å². The summed E-state index contributed by atoms with van der Waals surface area (Å²) in [6.45, 7) is -0.708. The first kappa shape index (κ1) is 24.2. The third kappa shape index (κ3) is 3.90. The fraction of sp³-hybridized carbons (Fsp3) is 0.107. The third-order valence-corrected chi connectivity index (χ3v) is 6.93. The molecule has 1 aliphatic carbocycles. The number of hydrogen-bond donors (Lipinski definition) is 0. The van der Waals surface area contributed by atoms with E-state index in [1.165, 1.54) is 33.6 Å². The molecule has 0 bridgehead atoms. The first-order valence-corrected chi connectivity index (χ1v) is 12.3. The molecule has 0 fully saturated rings. The van der Waals surface area contributed by atoms with Crippen molar-refractivity contribution in [2.75, 3.05) is 6.79 Å². The number of nitro benzene ring substituents is 1. The lowest BCUT2D eigenvalue weighted by atomic mass is 10.0. The van der Waals surface area contributed by atoms with Crippen LogP contribution < -0.4 is 15.0 Å². The minimum Gasteiger partial charge on any atom is -0.458 e. The monoisotopic (exact) mass is 551 g/mol. The Balaban J connectivity index is 1.20. The summed E-state index contributed by atoms with van der Waals surface area (Å²) in [6, 6.07) is 15.8. The van der Waals surface area contributed by atoms with E-state index in [1.54, 1.807) is 42.5 Å². The fourth-order valence-corrected chi connectivity index (χ4v) is 5.09. The first-order valence-electron chi connectivity index (χ1n) is 12.3. The topological polar surface area (TPSA) is 158 Å². The molecule has 2 aliphatic rings. The van der Waals surface area contributed by atoms with Gasteiger partial charge < -0.3 is 14.2 Å². The molecule has 0 saturated carbocycles. The number of carbonyl (C=O) groups is 2. The predicted octanol–water partition coefficient (Wildman–Crippen LogP) is 3.17. The van der Waals surface area contributed by atoms with Gasteiger partial charge in [-0.2, -0.15) is 0 Å². The van der Waals surface area contributed by atoms with Crippen LogP contribution in [0, 0.1) is 10.1 Å². The Morgan fingerprint density at radius 2 is 1.76 bits per heavy atom. The first-order chi connectivity index (χ1) is 19.9. The molecule has 0 radical (unpaired) electrons. The van der Waals surface area contributed by atoms with Gasteiger partial charge in [0.05, 0.1) is 28.1 Å². The highest BCUT2D eigenvalue weighted by Gasteiger charge is 2.35. The van der Waals surface area contributed by atoms with Crippen molar-refractivity contribution in [3.05, 3.63) is 104 Å². The Kier molecular flexibility index (Phi) is 5.38. The van der Waals surface area contributed by atoms with Gasteiger partial charge >= 0.3 is 5.97 Å². The zero-order valence-corrected chi connectivity index (χ0v) is 21.0. The molecule has 2 aromatic heterocycles. The average molecular weight is 551 g/mol. The number of fused-ring (bicyclic) bond motifs is 6. The minimum atomic E-state index is -0.740. The molecule has 0 amide bonds. The Bertz CT molecular complexity index is 2010. The second-order valence-corrected chi connectivity index (χ2v) is 9.33. The number of non-ortho nitro benzene ring substituents is 1. The molecule has 1 aliphatic heterocycles. The van der Waals surface area contributed by atoms with E-state index >= 15 is 0 Å². The van der Waals surface area contributed by atoms with Crippen molar-refractivity contribution in [3.63, 3.8) is 0 Å². The van der Waals surface area contributed by atoms with Crippen LogP contribution in [0.5, 0.6) is 11.5 Å². The summed E-state index contributed by atoms with van der Waals surface area (Å²) >= 11 is 0. The molecule has 13 nitrogen and oxygen atoms in total. The van der Waals surface area contributed by atoms with Crippen LogP contribution in [0.15, 0.2) is 71.7 Å². The van der Waals surface area contributed by atoms with E-state index in [4.69, 9.17) is 14.2 Å².